The predicted molar refractivity (Wildman–Crippen MR) is 128 cm³/mol. The van der Waals surface area contributed by atoms with Gasteiger partial charge in [-0.3, -0.25) is 4.79 Å². The van der Waals surface area contributed by atoms with E-state index >= 15 is 0 Å². The fourth-order valence-corrected chi connectivity index (χ4v) is 5.68. The molecule has 0 aliphatic carbocycles. The highest BCUT2D eigenvalue weighted by molar-refractivity contribution is 7.89. The Balaban J connectivity index is 1.46. The minimum absolute atomic E-state index is 0.0486. The minimum Gasteiger partial charge on any atom is -0.406 e. The highest BCUT2D eigenvalue weighted by atomic mass is 32.2. The number of amides is 1. The molecule has 1 fully saturated rings. The number of halogens is 4. The van der Waals surface area contributed by atoms with E-state index in [1.807, 2.05) is 0 Å². The van der Waals surface area contributed by atoms with E-state index in [0.717, 1.165) is 40.7 Å². The van der Waals surface area contributed by atoms with Crippen LogP contribution in [-0.4, -0.2) is 47.5 Å². The molecule has 13 heteroatoms. The van der Waals surface area contributed by atoms with Crippen LogP contribution < -0.4 is 10.1 Å². The first-order valence-electron chi connectivity index (χ1n) is 11.3. The fraction of sp³-hybridized carbons (Fsp3) is 0.240. The SMILES string of the molecule is C=CC1CC(C(=O)NCc2cc(-c3ccc(OC(F)(F)F)cc3)ncn2)N(S(=O)(=O)c2ccc(F)cc2)C1. The number of sulfonamides is 1. The maximum atomic E-state index is 13.3. The first-order valence-corrected chi connectivity index (χ1v) is 12.7. The van der Waals surface area contributed by atoms with Crippen LogP contribution in [0.3, 0.4) is 0 Å². The monoisotopic (exact) mass is 550 g/mol. The lowest BCUT2D eigenvalue weighted by atomic mass is 10.1. The van der Waals surface area contributed by atoms with E-state index in [0.29, 0.717) is 17.0 Å². The second-order valence-electron chi connectivity index (χ2n) is 8.46. The van der Waals surface area contributed by atoms with Gasteiger partial charge in [0, 0.05) is 12.1 Å². The predicted octanol–water partition coefficient (Wildman–Crippen LogP) is 4.06. The van der Waals surface area contributed by atoms with Gasteiger partial charge >= 0.3 is 6.36 Å². The third-order valence-electron chi connectivity index (χ3n) is 5.90. The van der Waals surface area contributed by atoms with Crippen LogP contribution in [0.5, 0.6) is 5.75 Å². The molecule has 2 unspecified atom stereocenters. The summed E-state index contributed by atoms with van der Waals surface area (Å²) in [5.41, 5.74) is 1.29. The van der Waals surface area contributed by atoms with E-state index in [1.165, 1.54) is 18.5 Å². The summed E-state index contributed by atoms with van der Waals surface area (Å²) in [6, 6.07) is 9.99. The van der Waals surface area contributed by atoms with E-state index in [2.05, 4.69) is 26.6 Å². The molecule has 1 saturated heterocycles. The smallest absolute Gasteiger partial charge is 0.406 e. The lowest BCUT2D eigenvalue weighted by Gasteiger charge is -2.23. The maximum Gasteiger partial charge on any atom is 0.573 e. The van der Waals surface area contributed by atoms with Gasteiger partial charge in [-0.25, -0.2) is 22.8 Å². The number of rotatable bonds is 8. The van der Waals surface area contributed by atoms with Crippen molar-refractivity contribution in [1.82, 2.24) is 19.6 Å². The van der Waals surface area contributed by atoms with Crippen molar-refractivity contribution in [3.63, 3.8) is 0 Å². The van der Waals surface area contributed by atoms with Gasteiger partial charge in [0.15, 0.2) is 0 Å². The number of hydrogen-bond donors (Lipinski definition) is 1. The number of benzene rings is 2. The second kappa shape index (κ2) is 10.9. The molecule has 3 aromatic rings. The van der Waals surface area contributed by atoms with Crippen LogP contribution in [-0.2, 0) is 21.4 Å². The molecule has 1 amide bonds. The molecule has 0 saturated carbocycles. The van der Waals surface area contributed by atoms with E-state index in [1.54, 1.807) is 12.1 Å². The molecule has 0 radical (unpaired) electrons. The summed E-state index contributed by atoms with van der Waals surface area (Å²) in [6.45, 7) is 3.71. The van der Waals surface area contributed by atoms with Crippen LogP contribution in [0.4, 0.5) is 17.6 Å². The Morgan fingerprint density at radius 3 is 2.45 bits per heavy atom. The van der Waals surface area contributed by atoms with Crippen molar-refractivity contribution in [3.8, 4) is 17.0 Å². The van der Waals surface area contributed by atoms with E-state index in [4.69, 9.17) is 0 Å². The Labute approximate surface area is 216 Å². The highest BCUT2D eigenvalue weighted by Gasteiger charge is 2.43. The van der Waals surface area contributed by atoms with Crippen molar-refractivity contribution < 1.29 is 35.5 Å². The summed E-state index contributed by atoms with van der Waals surface area (Å²) >= 11 is 0. The zero-order valence-electron chi connectivity index (χ0n) is 19.7. The Hall–Kier alpha value is -3.84. The average Bonchev–Trinajstić information content (AvgIpc) is 3.33. The third kappa shape index (κ3) is 6.34. The van der Waals surface area contributed by atoms with Gasteiger partial charge in [-0.15, -0.1) is 19.8 Å². The molecule has 1 aromatic heterocycles. The highest BCUT2D eigenvalue weighted by Crippen LogP contribution is 2.31. The molecular formula is C25H22F4N4O4S. The quantitative estimate of drug-likeness (QED) is 0.335. The van der Waals surface area contributed by atoms with Crippen LogP contribution >= 0.6 is 0 Å². The summed E-state index contributed by atoms with van der Waals surface area (Å²) in [6.07, 6.45) is -1.76. The zero-order chi connectivity index (χ0) is 27.5. The van der Waals surface area contributed by atoms with Crippen LogP contribution in [0.1, 0.15) is 12.1 Å². The van der Waals surface area contributed by atoms with Crippen molar-refractivity contribution in [2.75, 3.05) is 6.54 Å². The van der Waals surface area contributed by atoms with Gasteiger partial charge in [-0.2, -0.15) is 4.31 Å². The number of aromatic nitrogens is 2. The molecule has 2 atom stereocenters. The number of carbonyl (C=O) groups excluding carboxylic acids is 1. The number of alkyl halides is 3. The van der Waals surface area contributed by atoms with Crippen molar-refractivity contribution >= 4 is 15.9 Å². The number of nitrogens with zero attached hydrogens (tertiary/aromatic N) is 3. The first-order chi connectivity index (χ1) is 18.0. The van der Waals surface area contributed by atoms with Crippen LogP contribution in [0.25, 0.3) is 11.3 Å². The molecule has 38 heavy (non-hydrogen) atoms. The number of carbonyl (C=O) groups is 1. The molecule has 1 N–H and O–H groups in total. The fourth-order valence-electron chi connectivity index (χ4n) is 4.03. The first kappa shape index (κ1) is 27.2. The lowest BCUT2D eigenvalue weighted by Crippen LogP contribution is -2.45. The van der Waals surface area contributed by atoms with E-state index in [9.17, 15) is 30.8 Å². The second-order valence-corrected chi connectivity index (χ2v) is 10.4. The maximum absolute atomic E-state index is 13.3. The topological polar surface area (TPSA) is 101 Å². The molecule has 1 aliphatic rings. The Bertz CT molecular complexity index is 1410. The molecule has 4 rings (SSSR count). The number of hydrogen-bond acceptors (Lipinski definition) is 6. The zero-order valence-corrected chi connectivity index (χ0v) is 20.5. The summed E-state index contributed by atoms with van der Waals surface area (Å²) < 4.78 is 81.8. The number of nitrogens with one attached hydrogen (secondary N) is 1. The van der Waals surface area contributed by atoms with Gasteiger partial charge in [-0.1, -0.05) is 6.08 Å². The Kier molecular flexibility index (Phi) is 7.78. The Morgan fingerprint density at radius 2 is 1.82 bits per heavy atom. The van der Waals surface area contributed by atoms with Crippen molar-refractivity contribution in [2.45, 2.75) is 30.3 Å². The summed E-state index contributed by atoms with van der Waals surface area (Å²) in [5.74, 6) is -1.76. The van der Waals surface area contributed by atoms with Crippen LogP contribution in [0, 0.1) is 11.7 Å². The molecule has 8 nitrogen and oxygen atoms in total. The van der Waals surface area contributed by atoms with E-state index < -0.39 is 34.2 Å². The summed E-state index contributed by atoms with van der Waals surface area (Å²) in [7, 11) is -4.08. The molecule has 2 heterocycles. The standard InChI is InChI=1S/C25H22F4N4O4S/c1-2-16-11-23(33(14-16)38(35,36)21-9-5-18(26)6-10-21)24(34)30-13-19-12-22(32-15-31-19)17-3-7-20(8-4-17)37-25(27,28)29/h2-10,12,15-16,23H,1,11,13-14H2,(H,30,34). The molecule has 1 aliphatic heterocycles. The normalized spacial score (nSPS) is 18.2. The van der Waals surface area contributed by atoms with Crippen molar-refractivity contribution in [2.24, 2.45) is 5.92 Å². The lowest BCUT2D eigenvalue weighted by molar-refractivity contribution is -0.274. The van der Waals surface area contributed by atoms with Gasteiger partial charge < -0.3 is 10.1 Å². The van der Waals surface area contributed by atoms with Crippen LogP contribution in [0.15, 0.2) is 78.5 Å². The van der Waals surface area contributed by atoms with Gasteiger partial charge in [0.2, 0.25) is 15.9 Å². The van der Waals surface area contributed by atoms with E-state index in [-0.39, 0.29) is 36.1 Å². The molecular weight excluding hydrogens is 528 g/mol. The molecule has 0 spiro atoms. The summed E-state index contributed by atoms with van der Waals surface area (Å²) in [5, 5.41) is 2.69. The van der Waals surface area contributed by atoms with Crippen molar-refractivity contribution in [1.29, 1.82) is 0 Å². The number of ether oxygens (including phenoxy) is 1. The molecule has 2 aromatic carbocycles. The van der Waals surface area contributed by atoms with Crippen molar-refractivity contribution in [3.05, 3.63) is 85.1 Å². The molecule has 200 valence electrons. The Morgan fingerprint density at radius 1 is 1.13 bits per heavy atom. The van der Waals surface area contributed by atoms with Crippen LogP contribution in [0.2, 0.25) is 0 Å². The summed E-state index contributed by atoms with van der Waals surface area (Å²) in [4.78, 5) is 21.2. The minimum atomic E-state index is -4.80. The largest absolute Gasteiger partial charge is 0.573 e. The average molecular weight is 551 g/mol. The van der Waals surface area contributed by atoms with Gasteiger partial charge in [0.05, 0.1) is 22.8 Å². The van der Waals surface area contributed by atoms with Gasteiger partial charge in [-0.05, 0) is 66.9 Å². The molecule has 0 bridgehead atoms. The van der Waals surface area contributed by atoms with Gasteiger partial charge in [0.1, 0.15) is 23.9 Å². The third-order valence-corrected chi connectivity index (χ3v) is 7.78. The van der Waals surface area contributed by atoms with Gasteiger partial charge in [0.25, 0.3) is 0 Å².